The Kier molecular flexibility index (Phi) is 5.24. The molecule has 0 bridgehead atoms. The number of hydrogen-bond acceptors (Lipinski definition) is 2. The van der Waals surface area contributed by atoms with Crippen molar-refractivity contribution in [3.63, 3.8) is 0 Å². The van der Waals surface area contributed by atoms with Crippen LogP contribution in [-0.2, 0) is 0 Å². The van der Waals surface area contributed by atoms with Gasteiger partial charge in [0, 0.05) is 14.5 Å². The third kappa shape index (κ3) is 3.25. The van der Waals surface area contributed by atoms with Crippen LogP contribution in [0.2, 0.25) is 0 Å². The predicted octanol–water partition coefficient (Wildman–Crippen LogP) is 4.97. The van der Waals surface area contributed by atoms with E-state index in [1.54, 1.807) is 0 Å². The van der Waals surface area contributed by atoms with Crippen molar-refractivity contribution in [2.45, 2.75) is 19.9 Å². The number of nitrogens with two attached hydrogens (primary N) is 1. The molecule has 0 amide bonds. The molecule has 1 unspecified atom stereocenters. The number of rotatable bonds is 4. The molecule has 0 spiro atoms. The van der Waals surface area contributed by atoms with Crippen LogP contribution in [-0.4, -0.2) is 6.61 Å². The Bertz CT molecular complexity index is 613. The Morgan fingerprint density at radius 3 is 2.50 bits per heavy atom. The molecule has 0 fully saturated rings. The van der Waals surface area contributed by atoms with Crippen LogP contribution in [0, 0.1) is 6.92 Å². The summed E-state index contributed by atoms with van der Waals surface area (Å²) in [4.78, 5) is 0. The average Bonchev–Trinajstić information content (AvgIpc) is 2.43. The second kappa shape index (κ2) is 6.74. The molecular weight excluding hydrogens is 382 g/mol. The van der Waals surface area contributed by atoms with Crippen molar-refractivity contribution in [1.29, 1.82) is 0 Å². The van der Waals surface area contributed by atoms with Gasteiger partial charge in [0.2, 0.25) is 0 Å². The van der Waals surface area contributed by atoms with Gasteiger partial charge >= 0.3 is 0 Å². The highest BCUT2D eigenvalue weighted by molar-refractivity contribution is 9.11. The van der Waals surface area contributed by atoms with Crippen LogP contribution >= 0.6 is 31.9 Å². The molecular formula is C16H17Br2NO. The summed E-state index contributed by atoms with van der Waals surface area (Å²) in [7, 11) is 0. The third-order valence-electron chi connectivity index (χ3n) is 3.17. The van der Waals surface area contributed by atoms with Crippen LogP contribution in [0.25, 0.3) is 0 Å². The van der Waals surface area contributed by atoms with E-state index >= 15 is 0 Å². The molecule has 2 aromatic rings. The van der Waals surface area contributed by atoms with Crippen LogP contribution in [0.4, 0.5) is 0 Å². The van der Waals surface area contributed by atoms with Gasteiger partial charge < -0.3 is 10.5 Å². The zero-order valence-electron chi connectivity index (χ0n) is 11.5. The number of benzene rings is 2. The number of para-hydroxylation sites is 1. The molecule has 2 rings (SSSR count). The van der Waals surface area contributed by atoms with E-state index in [1.165, 1.54) is 5.56 Å². The first-order chi connectivity index (χ1) is 9.54. The van der Waals surface area contributed by atoms with Gasteiger partial charge in [-0.1, -0.05) is 50.1 Å². The lowest BCUT2D eigenvalue weighted by Crippen LogP contribution is -2.14. The summed E-state index contributed by atoms with van der Waals surface area (Å²) in [5.41, 5.74) is 9.64. The smallest absolute Gasteiger partial charge is 0.124 e. The second-order valence-corrected chi connectivity index (χ2v) is 6.28. The van der Waals surface area contributed by atoms with Crippen LogP contribution < -0.4 is 10.5 Å². The Morgan fingerprint density at radius 2 is 1.80 bits per heavy atom. The summed E-state index contributed by atoms with van der Waals surface area (Å²) in [6.45, 7) is 4.65. The normalized spacial score (nSPS) is 12.2. The van der Waals surface area contributed by atoms with Crippen molar-refractivity contribution in [3.8, 4) is 5.75 Å². The highest BCUT2D eigenvalue weighted by Gasteiger charge is 2.17. The lowest BCUT2D eigenvalue weighted by atomic mass is 9.98. The van der Waals surface area contributed by atoms with Crippen molar-refractivity contribution in [2.75, 3.05) is 6.61 Å². The monoisotopic (exact) mass is 397 g/mol. The molecule has 0 radical (unpaired) electrons. The highest BCUT2D eigenvalue weighted by atomic mass is 79.9. The maximum absolute atomic E-state index is 6.44. The first-order valence-corrected chi connectivity index (χ1v) is 8.06. The maximum Gasteiger partial charge on any atom is 0.124 e. The average molecular weight is 399 g/mol. The van der Waals surface area contributed by atoms with Crippen molar-refractivity contribution in [3.05, 3.63) is 62.0 Å². The first-order valence-electron chi connectivity index (χ1n) is 6.47. The largest absolute Gasteiger partial charge is 0.494 e. The Morgan fingerprint density at radius 1 is 1.10 bits per heavy atom. The highest BCUT2D eigenvalue weighted by Crippen LogP contribution is 2.34. The maximum atomic E-state index is 6.44. The lowest BCUT2D eigenvalue weighted by Gasteiger charge is -2.19. The van der Waals surface area contributed by atoms with Crippen molar-refractivity contribution in [1.82, 2.24) is 0 Å². The Hall–Kier alpha value is -0.840. The van der Waals surface area contributed by atoms with Gasteiger partial charge in [-0.2, -0.15) is 0 Å². The van der Waals surface area contributed by atoms with Crippen molar-refractivity contribution < 1.29 is 4.74 Å². The molecule has 0 heterocycles. The van der Waals surface area contributed by atoms with Gasteiger partial charge in [-0.05, 0) is 43.2 Å². The summed E-state index contributed by atoms with van der Waals surface area (Å²) < 4.78 is 7.73. The lowest BCUT2D eigenvalue weighted by molar-refractivity contribution is 0.335. The molecule has 2 aromatic carbocycles. The SMILES string of the molecule is CCOc1ccccc1C(N)c1cc(Br)c(C)cc1Br. The van der Waals surface area contributed by atoms with E-state index in [1.807, 2.05) is 31.2 Å². The van der Waals surface area contributed by atoms with Gasteiger partial charge in [-0.3, -0.25) is 0 Å². The quantitative estimate of drug-likeness (QED) is 0.789. The van der Waals surface area contributed by atoms with Crippen molar-refractivity contribution in [2.24, 2.45) is 5.73 Å². The molecule has 0 saturated heterocycles. The zero-order valence-corrected chi connectivity index (χ0v) is 14.7. The second-order valence-electron chi connectivity index (χ2n) is 4.57. The minimum absolute atomic E-state index is 0.232. The molecule has 0 saturated carbocycles. The van der Waals surface area contributed by atoms with E-state index < -0.39 is 0 Å². The van der Waals surface area contributed by atoms with Gasteiger partial charge in [-0.15, -0.1) is 0 Å². The van der Waals surface area contributed by atoms with E-state index in [0.717, 1.165) is 25.8 Å². The van der Waals surface area contributed by atoms with E-state index in [0.29, 0.717) is 6.61 Å². The van der Waals surface area contributed by atoms with Crippen LogP contribution in [0.15, 0.2) is 45.3 Å². The van der Waals surface area contributed by atoms with Gasteiger partial charge in [0.25, 0.3) is 0 Å². The summed E-state index contributed by atoms with van der Waals surface area (Å²) in [6, 6.07) is 11.8. The summed E-state index contributed by atoms with van der Waals surface area (Å²) in [5, 5.41) is 0. The van der Waals surface area contributed by atoms with Gasteiger partial charge in [0.1, 0.15) is 5.75 Å². The zero-order chi connectivity index (χ0) is 14.7. The minimum atomic E-state index is -0.232. The first kappa shape index (κ1) is 15.5. The van der Waals surface area contributed by atoms with E-state index in [9.17, 15) is 0 Å². The summed E-state index contributed by atoms with van der Waals surface area (Å²) in [6.07, 6.45) is 0. The number of ether oxygens (including phenoxy) is 1. The summed E-state index contributed by atoms with van der Waals surface area (Å²) >= 11 is 7.16. The standard InChI is InChI=1S/C16H17Br2NO/c1-3-20-15-7-5-4-6-11(15)16(19)12-9-13(17)10(2)8-14(12)18/h4-9,16H,3,19H2,1-2H3. The number of halogens is 2. The fourth-order valence-electron chi connectivity index (χ4n) is 2.09. The van der Waals surface area contributed by atoms with Gasteiger partial charge in [0.15, 0.2) is 0 Å². The van der Waals surface area contributed by atoms with Crippen LogP contribution in [0.3, 0.4) is 0 Å². The summed E-state index contributed by atoms with van der Waals surface area (Å²) in [5.74, 6) is 0.839. The molecule has 0 aliphatic carbocycles. The fraction of sp³-hybridized carbons (Fsp3) is 0.250. The van der Waals surface area contributed by atoms with E-state index in [2.05, 4.69) is 50.9 Å². The topological polar surface area (TPSA) is 35.2 Å². The Balaban J connectivity index is 2.46. The molecule has 106 valence electrons. The van der Waals surface area contributed by atoms with Crippen molar-refractivity contribution >= 4 is 31.9 Å². The van der Waals surface area contributed by atoms with E-state index in [4.69, 9.17) is 10.5 Å². The molecule has 1 atom stereocenters. The predicted molar refractivity (Wildman–Crippen MR) is 90.2 cm³/mol. The molecule has 2 N–H and O–H groups in total. The number of aryl methyl sites for hydroxylation is 1. The fourth-order valence-corrected chi connectivity index (χ4v) is 3.16. The van der Waals surface area contributed by atoms with E-state index in [-0.39, 0.29) is 6.04 Å². The van der Waals surface area contributed by atoms with Crippen LogP contribution in [0.1, 0.15) is 29.7 Å². The number of hydrogen-bond donors (Lipinski definition) is 1. The molecule has 2 nitrogen and oxygen atoms in total. The minimum Gasteiger partial charge on any atom is -0.494 e. The molecule has 0 aliphatic rings. The molecule has 4 heteroatoms. The molecule has 20 heavy (non-hydrogen) atoms. The van der Waals surface area contributed by atoms with Gasteiger partial charge in [0.05, 0.1) is 12.6 Å². The molecule has 0 aliphatic heterocycles. The Labute approximate surface area is 136 Å². The van der Waals surface area contributed by atoms with Crippen LogP contribution in [0.5, 0.6) is 5.75 Å². The molecule has 0 aromatic heterocycles. The third-order valence-corrected chi connectivity index (χ3v) is 4.71. The van der Waals surface area contributed by atoms with Gasteiger partial charge in [-0.25, -0.2) is 0 Å².